The molecule has 0 bridgehead atoms. The molecule has 1 unspecified atom stereocenters. The normalized spacial score (nSPS) is 13.1. The van der Waals surface area contributed by atoms with E-state index in [9.17, 15) is 14.4 Å². The Kier molecular flexibility index (Phi) is 59.9. The third-order valence-corrected chi connectivity index (χ3v) is 12.9. The average molecular weight is 1060 g/mol. The molecule has 0 N–H and O–H groups in total. The van der Waals surface area contributed by atoms with E-state index < -0.39 is 12.1 Å². The number of rotatable bonds is 55. The molecule has 6 nitrogen and oxygen atoms in total. The highest BCUT2D eigenvalue weighted by molar-refractivity contribution is 5.72. The molecule has 77 heavy (non-hydrogen) atoms. The Bertz CT molecular complexity index is 1700. The van der Waals surface area contributed by atoms with E-state index in [-0.39, 0.29) is 31.6 Å². The Morgan fingerprint density at radius 2 is 0.545 bits per heavy atom. The molecular weight excluding hydrogens is 949 g/mol. The Balaban J connectivity index is 4.35. The summed E-state index contributed by atoms with van der Waals surface area (Å²) in [5.41, 5.74) is 0. The van der Waals surface area contributed by atoms with E-state index in [4.69, 9.17) is 14.2 Å². The van der Waals surface area contributed by atoms with Crippen molar-refractivity contribution >= 4 is 17.9 Å². The molecule has 6 heteroatoms. The Hall–Kier alpha value is -4.71. The third-order valence-electron chi connectivity index (χ3n) is 12.9. The molecule has 0 radical (unpaired) electrons. The van der Waals surface area contributed by atoms with Gasteiger partial charge in [-0.05, 0) is 103 Å². The summed E-state index contributed by atoms with van der Waals surface area (Å²) >= 11 is 0. The molecule has 0 rings (SSSR count). The van der Waals surface area contributed by atoms with Crippen LogP contribution in [0.1, 0.15) is 265 Å². The van der Waals surface area contributed by atoms with Crippen LogP contribution >= 0.6 is 0 Å². The monoisotopic (exact) mass is 1060 g/mol. The molecule has 0 aromatic rings. The molecule has 1 atom stereocenters. The molecule has 0 saturated heterocycles. The van der Waals surface area contributed by atoms with Crippen LogP contribution in [0.3, 0.4) is 0 Å². The van der Waals surface area contributed by atoms with Gasteiger partial charge in [0.25, 0.3) is 0 Å². The van der Waals surface area contributed by atoms with Crippen molar-refractivity contribution in [2.45, 2.75) is 271 Å². The molecule has 0 amide bonds. The first-order valence-electron chi connectivity index (χ1n) is 31.3. The van der Waals surface area contributed by atoms with E-state index >= 15 is 0 Å². The van der Waals surface area contributed by atoms with Gasteiger partial charge in [-0.3, -0.25) is 14.4 Å². The second-order valence-electron chi connectivity index (χ2n) is 20.2. The summed E-state index contributed by atoms with van der Waals surface area (Å²) in [5.74, 6) is -1.06. The van der Waals surface area contributed by atoms with Crippen LogP contribution in [0.25, 0.3) is 0 Å². The average Bonchev–Trinajstić information content (AvgIpc) is 3.43. The van der Waals surface area contributed by atoms with Crippen LogP contribution in [0.4, 0.5) is 0 Å². The van der Waals surface area contributed by atoms with Crippen LogP contribution in [0.5, 0.6) is 0 Å². The Morgan fingerprint density at radius 3 is 0.857 bits per heavy atom. The van der Waals surface area contributed by atoms with Gasteiger partial charge in [0.2, 0.25) is 0 Å². The molecule has 0 aromatic heterocycles. The van der Waals surface area contributed by atoms with Crippen molar-refractivity contribution in [2.24, 2.45) is 0 Å². The van der Waals surface area contributed by atoms with Crippen LogP contribution in [0.2, 0.25) is 0 Å². The fourth-order valence-corrected chi connectivity index (χ4v) is 8.26. The number of carbonyl (C=O) groups excluding carboxylic acids is 3. The molecule has 0 aromatic carbocycles. The summed E-state index contributed by atoms with van der Waals surface area (Å²) < 4.78 is 16.8. The minimum Gasteiger partial charge on any atom is -0.462 e. The second-order valence-corrected chi connectivity index (χ2v) is 20.2. The molecule has 0 saturated carbocycles. The lowest BCUT2D eigenvalue weighted by atomic mass is 10.0. The van der Waals surface area contributed by atoms with E-state index in [1.165, 1.54) is 103 Å². The second kappa shape index (κ2) is 63.8. The molecule has 0 aliphatic heterocycles. The zero-order chi connectivity index (χ0) is 55.7. The number of allylic oxidation sites excluding steroid dienone is 23. The first-order chi connectivity index (χ1) is 38.0. The molecule has 434 valence electrons. The maximum atomic E-state index is 12.8. The van der Waals surface area contributed by atoms with Crippen molar-refractivity contribution in [1.29, 1.82) is 0 Å². The van der Waals surface area contributed by atoms with Gasteiger partial charge in [0, 0.05) is 12.8 Å². The van der Waals surface area contributed by atoms with Crippen molar-refractivity contribution in [2.75, 3.05) is 13.2 Å². The highest BCUT2D eigenvalue weighted by atomic mass is 16.6. The lowest BCUT2D eigenvalue weighted by Gasteiger charge is -2.18. The molecule has 0 fully saturated rings. The van der Waals surface area contributed by atoms with Gasteiger partial charge in [-0.25, -0.2) is 0 Å². The minimum atomic E-state index is -0.839. The van der Waals surface area contributed by atoms with Gasteiger partial charge in [0.15, 0.2) is 6.10 Å². The van der Waals surface area contributed by atoms with E-state index in [2.05, 4.69) is 154 Å². The van der Waals surface area contributed by atoms with Crippen molar-refractivity contribution in [1.82, 2.24) is 0 Å². The van der Waals surface area contributed by atoms with E-state index in [1.807, 2.05) is 6.08 Å². The van der Waals surface area contributed by atoms with Crippen LogP contribution in [-0.2, 0) is 28.6 Å². The Morgan fingerprint density at radius 1 is 0.286 bits per heavy atom. The van der Waals surface area contributed by atoms with E-state index in [1.54, 1.807) is 6.08 Å². The van der Waals surface area contributed by atoms with Crippen molar-refractivity contribution in [3.63, 3.8) is 0 Å². The van der Waals surface area contributed by atoms with Gasteiger partial charge in [-0.2, -0.15) is 0 Å². The highest BCUT2D eigenvalue weighted by Crippen LogP contribution is 2.15. The molecule has 0 aliphatic rings. The molecule has 0 aliphatic carbocycles. The third kappa shape index (κ3) is 62.0. The predicted octanol–water partition coefficient (Wildman–Crippen LogP) is 21.5. The standard InChI is InChI=1S/C71H114O6/c1-4-7-10-13-16-19-22-25-27-28-29-30-31-32-33-34-35-36-37-38-39-40-41-42-44-46-49-52-55-58-61-64-70(73)76-67-68(66-75-69(72)63-60-57-54-51-48-45-24-21-18-15-12-9-6-3)77-71(74)65-62-59-56-53-50-47-43-26-23-20-17-14-11-8-5-2/h7-8,10-11,16-17,19-20,25-27,29-30,32-33,35-36,38-39,43,50,53,59,62,68H,4-6,9,12-15,18,21-24,28,31,34,37,40-42,44-49,51-52,54-58,60-61,63-67H2,1-3H3/b10-7-,11-8-,19-16-,20-17-,27-25-,30-29-,33-32-,36-35-,39-38-,43-26-,53-50-,62-59-. The van der Waals surface area contributed by atoms with Gasteiger partial charge in [0.1, 0.15) is 13.2 Å². The number of esters is 3. The van der Waals surface area contributed by atoms with E-state index in [0.717, 1.165) is 116 Å². The van der Waals surface area contributed by atoms with Gasteiger partial charge >= 0.3 is 17.9 Å². The number of unbranched alkanes of at least 4 members (excludes halogenated alkanes) is 21. The summed E-state index contributed by atoms with van der Waals surface area (Å²) in [5, 5.41) is 0. The number of hydrogen-bond donors (Lipinski definition) is 0. The number of hydrogen-bond acceptors (Lipinski definition) is 6. The number of ether oxygens (including phenoxy) is 3. The summed E-state index contributed by atoms with van der Waals surface area (Å²) in [6.45, 7) is 6.32. The van der Waals surface area contributed by atoms with Crippen molar-refractivity contribution in [3.8, 4) is 0 Å². The largest absolute Gasteiger partial charge is 0.462 e. The fourth-order valence-electron chi connectivity index (χ4n) is 8.26. The minimum absolute atomic E-state index is 0.0918. The number of carbonyl (C=O) groups is 3. The summed E-state index contributed by atoms with van der Waals surface area (Å²) in [6.07, 6.45) is 91.7. The first kappa shape index (κ1) is 72.3. The SMILES string of the molecule is CC/C=C\C/C=C\C/C=C\C/C=C\C/C=C\C/C=C\C/C=C\CCCCCCCCCCCC(=O)OCC(COC(=O)CCCCCCCCCCCCCCC)OC(=O)C/C=C\C/C=C\C/C=C\C/C=C\C/C=C\CC. The maximum absolute atomic E-state index is 12.8. The summed E-state index contributed by atoms with van der Waals surface area (Å²) in [4.78, 5) is 38.1. The van der Waals surface area contributed by atoms with Crippen LogP contribution in [-0.4, -0.2) is 37.2 Å². The van der Waals surface area contributed by atoms with Gasteiger partial charge in [-0.15, -0.1) is 0 Å². The maximum Gasteiger partial charge on any atom is 0.310 e. The van der Waals surface area contributed by atoms with Crippen LogP contribution < -0.4 is 0 Å². The molecule has 0 heterocycles. The van der Waals surface area contributed by atoms with E-state index in [0.29, 0.717) is 19.3 Å². The van der Waals surface area contributed by atoms with Gasteiger partial charge < -0.3 is 14.2 Å². The predicted molar refractivity (Wildman–Crippen MR) is 334 cm³/mol. The van der Waals surface area contributed by atoms with Crippen LogP contribution in [0, 0.1) is 0 Å². The lowest BCUT2D eigenvalue weighted by Crippen LogP contribution is -2.30. The zero-order valence-corrected chi connectivity index (χ0v) is 49.7. The smallest absolute Gasteiger partial charge is 0.310 e. The first-order valence-corrected chi connectivity index (χ1v) is 31.3. The fraction of sp³-hybridized carbons (Fsp3) is 0.620. The Labute approximate surface area is 474 Å². The topological polar surface area (TPSA) is 78.9 Å². The lowest BCUT2D eigenvalue weighted by molar-refractivity contribution is -0.166. The molecular formula is C71H114O6. The summed E-state index contributed by atoms with van der Waals surface area (Å²) in [6, 6.07) is 0. The van der Waals surface area contributed by atoms with Crippen molar-refractivity contribution < 1.29 is 28.6 Å². The van der Waals surface area contributed by atoms with Crippen LogP contribution in [0.15, 0.2) is 146 Å². The van der Waals surface area contributed by atoms with Crippen molar-refractivity contribution in [3.05, 3.63) is 146 Å². The quantitative estimate of drug-likeness (QED) is 0.0261. The zero-order valence-electron chi connectivity index (χ0n) is 49.7. The van der Waals surface area contributed by atoms with Gasteiger partial charge in [-0.1, -0.05) is 289 Å². The van der Waals surface area contributed by atoms with Gasteiger partial charge in [0.05, 0.1) is 6.42 Å². The summed E-state index contributed by atoms with van der Waals surface area (Å²) in [7, 11) is 0. The molecule has 0 spiro atoms. The highest BCUT2D eigenvalue weighted by Gasteiger charge is 2.19.